The Bertz CT molecular complexity index is 551. The Labute approximate surface area is 149 Å². The van der Waals surface area contributed by atoms with Crippen LogP contribution in [0.5, 0.6) is 0 Å². The number of nitrogens with two attached hydrogens (primary N) is 1. The molecule has 0 spiro atoms. The first-order chi connectivity index (χ1) is 12.0. The van der Waals surface area contributed by atoms with Crippen LogP contribution >= 0.6 is 0 Å². The Kier molecular flexibility index (Phi) is 9.84. The average Bonchev–Trinajstić information content (AvgIpc) is 2.55. The van der Waals surface area contributed by atoms with Gasteiger partial charge < -0.3 is 37.0 Å². The van der Waals surface area contributed by atoms with E-state index in [1.54, 1.807) is 13.8 Å². The zero-order chi connectivity index (χ0) is 20.4. The Morgan fingerprint density at radius 1 is 0.962 bits per heavy atom. The SMILES string of the molecule is CC(C)C(N)C(=O)NC(CO)C(=O)NCC(=O)NC(CC(=O)O)C(=O)O. The minimum absolute atomic E-state index is 0.203. The van der Waals surface area contributed by atoms with Crippen LogP contribution in [0.25, 0.3) is 0 Å². The van der Waals surface area contributed by atoms with Crippen molar-refractivity contribution >= 4 is 29.7 Å². The second-order valence-electron chi connectivity index (χ2n) is 5.79. The van der Waals surface area contributed by atoms with Gasteiger partial charge in [0.1, 0.15) is 12.1 Å². The van der Waals surface area contributed by atoms with E-state index in [1.165, 1.54) is 0 Å². The molecule has 148 valence electrons. The number of carbonyl (C=O) groups excluding carboxylic acids is 3. The second-order valence-corrected chi connectivity index (χ2v) is 5.79. The van der Waals surface area contributed by atoms with Gasteiger partial charge in [0.25, 0.3) is 0 Å². The van der Waals surface area contributed by atoms with E-state index in [4.69, 9.17) is 15.9 Å². The normalized spacial score (nSPS) is 14.0. The lowest BCUT2D eigenvalue weighted by Crippen LogP contribution is -2.55. The average molecular weight is 376 g/mol. The summed E-state index contributed by atoms with van der Waals surface area (Å²) in [6, 6.07) is -3.91. The molecule has 0 radical (unpaired) electrons. The number of aliphatic hydroxyl groups is 1. The molecule has 0 saturated heterocycles. The molecule has 0 aromatic carbocycles. The molecule has 0 fully saturated rings. The molecule has 0 heterocycles. The summed E-state index contributed by atoms with van der Waals surface area (Å²) in [6.45, 7) is 1.96. The zero-order valence-electron chi connectivity index (χ0n) is 14.4. The van der Waals surface area contributed by atoms with Crippen LogP contribution < -0.4 is 21.7 Å². The Hall–Kier alpha value is -2.73. The van der Waals surface area contributed by atoms with Gasteiger partial charge in [-0.1, -0.05) is 13.8 Å². The minimum atomic E-state index is -1.66. The molecule has 12 heteroatoms. The number of rotatable bonds is 11. The summed E-state index contributed by atoms with van der Waals surface area (Å²) >= 11 is 0. The summed E-state index contributed by atoms with van der Waals surface area (Å²) in [5.74, 6) is -5.68. The molecule has 0 aromatic heterocycles. The number of carboxylic acids is 2. The third kappa shape index (κ3) is 8.39. The van der Waals surface area contributed by atoms with Gasteiger partial charge in [0.15, 0.2) is 0 Å². The van der Waals surface area contributed by atoms with Crippen molar-refractivity contribution in [3.05, 3.63) is 0 Å². The predicted octanol–water partition coefficient (Wildman–Crippen LogP) is -3.39. The van der Waals surface area contributed by atoms with Crippen molar-refractivity contribution in [1.82, 2.24) is 16.0 Å². The van der Waals surface area contributed by atoms with Gasteiger partial charge in [0.2, 0.25) is 17.7 Å². The predicted molar refractivity (Wildman–Crippen MR) is 86.7 cm³/mol. The summed E-state index contributed by atoms with van der Waals surface area (Å²) in [6.07, 6.45) is -0.836. The highest BCUT2D eigenvalue weighted by atomic mass is 16.4. The number of carbonyl (C=O) groups is 5. The Morgan fingerprint density at radius 3 is 1.96 bits per heavy atom. The lowest BCUT2D eigenvalue weighted by atomic mass is 10.0. The van der Waals surface area contributed by atoms with Crippen LogP contribution in [-0.4, -0.2) is 76.3 Å². The number of hydrogen-bond acceptors (Lipinski definition) is 7. The molecule has 8 N–H and O–H groups in total. The number of amides is 3. The third-order valence-corrected chi connectivity index (χ3v) is 3.27. The lowest BCUT2D eigenvalue weighted by molar-refractivity contribution is -0.147. The maximum absolute atomic E-state index is 11.9. The first-order valence-corrected chi connectivity index (χ1v) is 7.68. The fraction of sp³-hybridized carbons (Fsp3) is 0.643. The van der Waals surface area contributed by atoms with E-state index in [2.05, 4.69) is 10.6 Å². The van der Waals surface area contributed by atoms with Crippen LogP contribution in [0.4, 0.5) is 0 Å². The molecule has 12 nitrogen and oxygen atoms in total. The van der Waals surface area contributed by atoms with Gasteiger partial charge in [-0.25, -0.2) is 4.79 Å². The topological polar surface area (TPSA) is 208 Å². The summed E-state index contributed by atoms with van der Waals surface area (Å²) < 4.78 is 0. The maximum atomic E-state index is 11.9. The summed E-state index contributed by atoms with van der Waals surface area (Å²) in [7, 11) is 0. The van der Waals surface area contributed by atoms with Gasteiger partial charge in [-0.3, -0.25) is 19.2 Å². The molecule has 0 aliphatic heterocycles. The molecule has 3 atom stereocenters. The van der Waals surface area contributed by atoms with E-state index in [0.717, 1.165) is 0 Å². The highest BCUT2D eigenvalue weighted by molar-refractivity contribution is 5.93. The largest absolute Gasteiger partial charge is 0.481 e. The Morgan fingerprint density at radius 2 is 1.54 bits per heavy atom. The van der Waals surface area contributed by atoms with E-state index < -0.39 is 67.4 Å². The van der Waals surface area contributed by atoms with E-state index in [0.29, 0.717) is 0 Å². The first-order valence-electron chi connectivity index (χ1n) is 7.68. The highest BCUT2D eigenvalue weighted by Gasteiger charge is 2.26. The number of nitrogens with one attached hydrogen (secondary N) is 3. The van der Waals surface area contributed by atoms with Crippen LogP contribution in [0, 0.1) is 5.92 Å². The number of aliphatic carboxylic acids is 2. The fourth-order valence-electron chi connectivity index (χ4n) is 1.68. The molecule has 0 rings (SSSR count). The lowest BCUT2D eigenvalue weighted by Gasteiger charge is -2.20. The van der Waals surface area contributed by atoms with E-state index >= 15 is 0 Å². The molecule has 0 aliphatic rings. The van der Waals surface area contributed by atoms with Gasteiger partial charge in [-0.2, -0.15) is 0 Å². The van der Waals surface area contributed by atoms with E-state index in [1.807, 2.05) is 5.32 Å². The van der Waals surface area contributed by atoms with Gasteiger partial charge in [-0.15, -0.1) is 0 Å². The third-order valence-electron chi connectivity index (χ3n) is 3.27. The summed E-state index contributed by atoms with van der Waals surface area (Å²) in [5.41, 5.74) is 5.62. The number of hydrogen-bond donors (Lipinski definition) is 7. The van der Waals surface area contributed by atoms with Gasteiger partial charge >= 0.3 is 11.9 Å². The van der Waals surface area contributed by atoms with Crippen LogP contribution in [0.1, 0.15) is 20.3 Å². The van der Waals surface area contributed by atoms with Crippen LogP contribution in [-0.2, 0) is 24.0 Å². The molecular formula is C14H24N4O8. The van der Waals surface area contributed by atoms with Crippen molar-refractivity contribution in [2.45, 2.75) is 38.4 Å². The highest BCUT2D eigenvalue weighted by Crippen LogP contribution is 1.99. The standard InChI is InChI=1S/C14H24N4O8/c1-6(2)11(15)13(24)18-8(5-19)12(23)16-4-9(20)17-7(14(25)26)3-10(21)22/h6-8,11,19H,3-5,15H2,1-2H3,(H,16,23)(H,17,20)(H,18,24)(H,21,22)(H,25,26). The van der Waals surface area contributed by atoms with Crippen LogP contribution in [0.2, 0.25) is 0 Å². The second kappa shape index (κ2) is 11.0. The smallest absolute Gasteiger partial charge is 0.326 e. The zero-order valence-corrected chi connectivity index (χ0v) is 14.4. The minimum Gasteiger partial charge on any atom is -0.481 e. The van der Waals surface area contributed by atoms with Crippen LogP contribution in [0.15, 0.2) is 0 Å². The summed E-state index contributed by atoms with van der Waals surface area (Å²) in [4.78, 5) is 56.7. The van der Waals surface area contributed by atoms with Crippen molar-refractivity contribution < 1.29 is 39.3 Å². The van der Waals surface area contributed by atoms with Gasteiger partial charge in [0.05, 0.1) is 25.6 Å². The van der Waals surface area contributed by atoms with E-state index in [9.17, 15) is 29.1 Å². The molecule has 0 bridgehead atoms. The summed E-state index contributed by atoms with van der Waals surface area (Å²) in [5, 5.41) is 32.8. The molecule has 26 heavy (non-hydrogen) atoms. The quantitative estimate of drug-likeness (QED) is 0.191. The van der Waals surface area contributed by atoms with Crippen LogP contribution in [0.3, 0.4) is 0 Å². The molecule has 0 aromatic rings. The monoisotopic (exact) mass is 376 g/mol. The molecular weight excluding hydrogens is 352 g/mol. The first kappa shape index (κ1) is 23.3. The van der Waals surface area contributed by atoms with E-state index in [-0.39, 0.29) is 5.92 Å². The Balaban J connectivity index is 4.59. The van der Waals surface area contributed by atoms with Crippen molar-refractivity contribution in [2.75, 3.05) is 13.2 Å². The molecule has 0 saturated carbocycles. The van der Waals surface area contributed by atoms with Crippen molar-refractivity contribution in [3.8, 4) is 0 Å². The van der Waals surface area contributed by atoms with Crippen molar-refractivity contribution in [3.63, 3.8) is 0 Å². The van der Waals surface area contributed by atoms with Gasteiger partial charge in [0, 0.05) is 0 Å². The van der Waals surface area contributed by atoms with Crippen molar-refractivity contribution in [2.24, 2.45) is 11.7 Å². The van der Waals surface area contributed by atoms with Crippen molar-refractivity contribution in [1.29, 1.82) is 0 Å². The molecule has 3 amide bonds. The number of carboxylic acid groups (broad SMARTS) is 2. The fourth-order valence-corrected chi connectivity index (χ4v) is 1.68. The molecule has 3 unspecified atom stereocenters. The molecule has 0 aliphatic carbocycles. The van der Waals surface area contributed by atoms with Gasteiger partial charge in [-0.05, 0) is 5.92 Å². The number of aliphatic hydroxyl groups excluding tert-OH is 1. The maximum Gasteiger partial charge on any atom is 0.326 e.